The standard InChI is InChI=1S/C6H6NO.C5H5NO/c1-7-5-3-2-4-6(7)8;7-5-3-1-2-4-6-5/h2-5H,1H2;1-4H,(H,6,7)/q+1;. The van der Waals surface area contributed by atoms with Crippen LogP contribution in [-0.2, 0) is 4.79 Å². The largest absolute Gasteiger partial charge is 0.416 e. The predicted octanol–water partition coefficient (Wildman–Crippen LogP) is 0.684. The third-order valence-corrected chi connectivity index (χ3v) is 1.58. The SMILES string of the molecule is C=[N+]1C=CC=CC1=O.O=c1cccc[nH]1. The molecule has 76 valence electrons. The lowest BCUT2D eigenvalue weighted by molar-refractivity contribution is -0.367. The van der Waals surface area contributed by atoms with Gasteiger partial charge in [-0.1, -0.05) is 6.07 Å². The van der Waals surface area contributed by atoms with Gasteiger partial charge in [0.15, 0.2) is 6.20 Å². The Kier molecular flexibility index (Phi) is 3.97. The van der Waals surface area contributed by atoms with Gasteiger partial charge >= 0.3 is 5.91 Å². The Morgan fingerprint density at radius 1 is 1.20 bits per heavy atom. The lowest BCUT2D eigenvalue weighted by Gasteiger charge is -1.87. The Morgan fingerprint density at radius 2 is 2.00 bits per heavy atom. The van der Waals surface area contributed by atoms with Crippen molar-refractivity contribution in [2.45, 2.75) is 0 Å². The molecule has 2 rings (SSSR count). The normalized spacial score (nSPS) is 13.3. The number of rotatable bonds is 0. The number of H-pyrrole nitrogens is 1. The van der Waals surface area contributed by atoms with E-state index in [-0.39, 0.29) is 11.5 Å². The molecule has 1 aromatic rings. The number of pyridine rings is 1. The highest BCUT2D eigenvalue weighted by Gasteiger charge is 2.08. The highest BCUT2D eigenvalue weighted by Crippen LogP contribution is 1.89. The molecule has 1 amide bonds. The Morgan fingerprint density at radius 3 is 2.33 bits per heavy atom. The van der Waals surface area contributed by atoms with Crippen LogP contribution in [-0.4, -0.2) is 22.2 Å². The summed E-state index contributed by atoms with van der Waals surface area (Å²) in [5, 5.41) is 0. The van der Waals surface area contributed by atoms with Crippen LogP contribution >= 0.6 is 0 Å². The summed E-state index contributed by atoms with van der Waals surface area (Å²) in [6, 6.07) is 4.93. The average Bonchev–Trinajstić information content (AvgIpc) is 2.25. The molecule has 0 atom stereocenters. The van der Waals surface area contributed by atoms with Gasteiger partial charge in [0.1, 0.15) is 6.72 Å². The third-order valence-electron chi connectivity index (χ3n) is 1.58. The van der Waals surface area contributed by atoms with Gasteiger partial charge in [0.25, 0.3) is 0 Å². The first-order valence-corrected chi connectivity index (χ1v) is 4.32. The van der Waals surface area contributed by atoms with Gasteiger partial charge < -0.3 is 4.98 Å². The number of hydrogen-bond donors (Lipinski definition) is 1. The van der Waals surface area contributed by atoms with Crippen LogP contribution in [0.5, 0.6) is 0 Å². The van der Waals surface area contributed by atoms with E-state index in [0.717, 1.165) is 0 Å². The summed E-state index contributed by atoms with van der Waals surface area (Å²) in [4.78, 5) is 23.2. The van der Waals surface area contributed by atoms with Crippen LogP contribution in [0.15, 0.2) is 53.6 Å². The summed E-state index contributed by atoms with van der Waals surface area (Å²) in [7, 11) is 0. The molecule has 2 heterocycles. The second-order valence-electron chi connectivity index (χ2n) is 2.74. The van der Waals surface area contributed by atoms with Gasteiger partial charge in [-0.2, -0.15) is 0 Å². The van der Waals surface area contributed by atoms with Crippen molar-refractivity contribution >= 4 is 12.6 Å². The fraction of sp³-hybridized carbons (Fsp3) is 0. The van der Waals surface area contributed by atoms with Crippen LogP contribution in [0.3, 0.4) is 0 Å². The second kappa shape index (κ2) is 5.49. The van der Waals surface area contributed by atoms with Crippen LogP contribution in [0.25, 0.3) is 0 Å². The summed E-state index contributed by atoms with van der Waals surface area (Å²) in [5.41, 5.74) is -0.0532. The monoisotopic (exact) mass is 203 g/mol. The van der Waals surface area contributed by atoms with E-state index in [9.17, 15) is 9.59 Å². The lowest BCUT2D eigenvalue weighted by atomic mass is 10.4. The van der Waals surface area contributed by atoms with Crippen molar-refractivity contribution in [1.29, 1.82) is 0 Å². The molecule has 1 aliphatic heterocycles. The molecule has 0 saturated heterocycles. The van der Waals surface area contributed by atoms with E-state index in [1.807, 2.05) is 0 Å². The van der Waals surface area contributed by atoms with Crippen molar-refractivity contribution in [3.8, 4) is 0 Å². The van der Waals surface area contributed by atoms with Gasteiger partial charge in [0.2, 0.25) is 5.56 Å². The predicted molar refractivity (Wildman–Crippen MR) is 57.7 cm³/mol. The number of allylic oxidation sites excluding steroid dienone is 2. The topological polar surface area (TPSA) is 52.9 Å². The van der Waals surface area contributed by atoms with Gasteiger partial charge in [0.05, 0.1) is 6.08 Å². The van der Waals surface area contributed by atoms with Crippen LogP contribution in [0.4, 0.5) is 0 Å². The summed E-state index contributed by atoms with van der Waals surface area (Å²) in [6.45, 7) is 3.42. The van der Waals surface area contributed by atoms with Crippen LogP contribution in [0.2, 0.25) is 0 Å². The maximum atomic E-state index is 10.5. The first-order valence-electron chi connectivity index (χ1n) is 4.32. The molecule has 0 saturated carbocycles. The van der Waals surface area contributed by atoms with E-state index in [1.165, 1.54) is 16.7 Å². The fourth-order valence-corrected chi connectivity index (χ4v) is 0.838. The zero-order valence-electron chi connectivity index (χ0n) is 8.09. The molecule has 0 unspecified atom stereocenters. The van der Waals surface area contributed by atoms with Crippen molar-refractivity contribution < 1.29 is 9.37 Å². The molecule has 0 spiro atoms. The number of hydrogen-bond acceptors (Lipinski definition) is 2. The van der Waals surface area contributed by atoms with Gasteiger partial charge in [-0.25, -0.2) is 4.79 Å². The van der Waals surface area contributed by atoms with E-state index < -0.39 is 0 Å². The number of amides is 1. The van der Waals surface area contributed by atoms with E-state index in [0.29, 0.717) is 0 Å². The molecule has 4 heteroatoms. The molecule has 1 aromatic heterocycles. The number of nitrogens with zero attached hydrogens (tertiary/aromatic N) is 1. The van der Waals surface area contributed by atoms with Crippen LogP contribution in [0, 0.1) is 0 Å². The Balaban J connectivity index is 0.000000151. The third kappa shape index (κ3) is 3.99. The van der Waals surface area contributed by atoms with E-state index >= 15 is 0 Å². The molecule has 1 aliphatic rings. The molecular formula is C11H11N2O2+. The molecule has 0 radical (unpaired) electrons. The summed E-state index contributed by atoms with van der Waals surface area (Å²) >= 11 is 0. The molecule has 0 aromatic carbocycles. The first-order chi connectivity index (χ1) is 7.20. The number of carbonyl (C=O) groups is 1. The van der Waals surface area contributed by atoms with Crippen molar-refractivity contribution in [2.24, 2.45) is 0 Å². The molecular weight excluding hydrogens is 192 g/mol. The summed E-state index contributed by atoms with van der Waals surface area (Å²) in [6.07, 6.45) is 8.12. The fourth-order valence-electron chi connectivity index (χ4n) is 0.838. The molecule has 0 fully saturated rings. The van der Waals surface area contributed by atoms with E-state index in [2.05, 4.69) is 11.7 Å². The van der Waals surface area contributed by atoms with Crippen LogP contribution in [0.1, 0.15) is 0 Å². The Bertz CT molecular complexity index is 430. The summed E-state index contributed by atoms with van der Waals surface area (Å²) < 4.78 is 1.28. The van der Waals surface area contributed by atoms with Crippen molar-refractivity contribution in [3.05, 3.63) is 59.2 Å². The van der Waals surface area contributed by atoms with E-state index in [1.54, 1.807) is 36.7 Å². The van der Waals surface area contributed by atoms with Gasteiger partial charge in [-0.3, -0.25) is 4.79 Å². The van der Waals surface area contributed by atoms with Gasteiger partial charge in [-0.15, -0.1) is 4.58 Å². The van der Waals surface area contributed by atoms with Crippen molar-refractivity contribution in [3.63, 3.8) is 0 Å². The zero-order valence-corrected chi connectivity index (χ0v) is 8.09. The highest BCUT2D eigenvalue weighted by molar-refractivity contribution is 5.82. The van der Waals surface area contributed by atoms with E-state index in [4.69, 9.17) is 0 Å². The summed E-state index contributed by atoms with van der Waals surface area (Å²) in [5.74, 6) is -0.0764. The average molecular weight is 203 g/mol. The zero-order chi connectivity index (χ0) is 11.1. The quantitative estimate of drug-likeness (QED) is 0.630. The Labute approximate surface area is 86.9 Å². The first kappa shape index (κ1) is 10.8. The molecule has 0 aliphatic carbocycles. The second-order valence-corrected chi connectivity index (χ2v) is 2.74. The maximum absolute atomic E-state index is 10.5. The molecule has 15 heavy (non-hydrogen) atoms. The Hall–Kier alpha value is -2.23. The molecule has 0 bridgehead atoms. The molecule has 4 nitrogen and oxygen atoms in total. The number of carbonyl (C=O) groups excluding carboxylic acids is 1. The number of aromatic amines is 1. The minimum absolute atomic E-state index is 0.0532. The maximum Gasteiger partial charge on any atom is 0.416 e. The smallest absolute Gasteiger partial charge is 0.329 e. The van der Waals surface area contributed by atoms with Gasteiger partial charge in [-0.05, 0) is 12.1 Å². The minimum atomic E-state index is -0.0764. The minimum Gasteiger partial charge on any atom is -0.329 e. The highest BCUT2D eigenvalue weighted by atomic mass is 16.2. The van der Waals surface area contributed by atoms with Crippen molar-refractivity contribution in [1.82, 2.24) is 4.98 Å². The number of aromatic nitrogens is 1. The van der Waals surface area contributed by atoms with Crippen LogP contribution < -0.4 is 5.56 Å². The van der Waals surface area contributed by atoms with Gasteiger partial charge in [0, 0.05) is 18.3 Å². The van der Waals surface area contributed by atoms with Crippen molar-refractivity contribution in [2.75, 3.05) is 0 Å². The lowest BCUT2D eigenvalue weighted by Crippen LogP contribution is -2.11. The number of nitrogens with one attached hydrogen (secondary N) is 1. The molecule has 1 N–H and O–H groups in total.